The van der Waals surface area contributed by atoms with Crippen LogP contribution in [-0.4, -0.2) is 15.5 Å². The zero-order valence-electron chi connectivity index (χ0n) is 13.8. The van der Waals surface area contributed by atoms with Gasteiger partial charge in [-0.15, -0.1) is 0 Å². The zero-order valence-corrected chi connectivity index (χ0v) is 13.8. The zero-order chi connectivity index (χ0) is 17.9. The minimum absolute atomic E-state index is 0.0519. The molecule has 0 saturated heterocycles. The Hall–Kier alpha value is -2.31. The number of hydrogen-bond donors (Lipinski definition) is 1. The molecule has 4 nitrogen and oxygen atoms in total. The number of carbonyl (C=O) groups is 1. The molecule has 0 saturated carbocycles. The van der Waals surface area contributed by atoms with Gasteiger partial charge in [-0.05, 0) is 23.6 Å². The number of benzene rings is 1. The largest absolute Gasteiger partial charge is 0.416 e. The molecular weight excluding hydrogens is 319 g/mol. The molecule has 0 bridgehead atoms. The summed E-state index contributed by atoms with van der Waals surface area (Å²) >= 11 is 0. The summed E-state index contributed by atoms with van der Waals surface area (Å²) in [6, 6.07) is 4.59. The molecule has 0 unspecified atom stereocenters. The van der Waals surface area contributed by atoms with Gasteiger partial charge in [0.05, 0.1) is 24.4 Å². The summed E-state index contributed by atoms with van der Waals surface area (Å²) in [6.07, 6.45) is -1.10. The molecule has 24 heavy (non-hydrogen) atoms. The molecule has 7 heteroatoms. The van der Waals surface area contributed by atoms with Crippen LogP contribution in [0, 0.1) is 5.92 Å². The Morgan fingerprint density at radius 1 is 1.33 bits per heavy atom. The molecule has 0 aliphatic carbocycles. The number of alkyl halides is 3. The van der Waals surface area contributed by atoms with Gasteiger partial charge in [0.15, 0.2) is 0 Å². The van der Waals surface area contributed by atoms with Crippen molar-refractivity contribution in [3.8, 4) is 0 Å². The molecular formula is C17H20F3N3O. The van der Waals surface area contributed by atoms with Gasteiger partial charge in [-0.25, -0.2) is 4.98 Å². The Balaban J connectivity index is 2.18. The first-order valence-electron chi connectivity index (χ1n) is 7.60. The highest BCUT2D eigenvalue weighted by Gasteiger charge is 2.31. The van der Waals surface area contributed by atoms with Crippen molar-refractivity contribution in [2.24, 2.45) is 13.0 Å². The highest BCUT2D eigenvalue weighted by Crippen LogP contribution is 2.32. The number of nitrogens with zero attached hydrogens (tertiary/aromatic N) is 2. The first-order valence-corrected chi connectivity index (χ1v) is 7.60. The molecule has 1 amide bonds. The summed E-state index contributed by atoms with van der Waals surface area (Å²) in [5.74, 6) is -0.307. The Morgan fingerprint density at radius 3 is 2.58 bits per heavy atom. The summed E-state index contributed by atoms with van der Waals surface area (Å²) in [6.45, 7) is 3.71. The molecule has 0 fully saturated rings. The summed E-state index contributed by atoms with van der Waals surface area (Å²) in [5.41, 5.74) is 0.462. The minimum atomic E-state index is -4.41. The molecule has 1 aromatic heterocycles. The monoisotopic (exact) mass is 339 g/mol. The number of rotatable bonds is 5. The van der Waals surface area contributed by atoms with Crippen LogP contribution in [0.15, 0.2) is 36.8 Å². The fourth-order valence-electron chi connectivity index (χ4n) is 2.49. The van der Waals surface area contributed by atoms with Crippen molar-refractivity contribution < 1.29 is 18.0 Å². The Morgan fingerprint density at radius 2 is 2.04 bits per heavy atom. The predicted molar refractivity (Wildman–Crippen MR) is 84.1 cm³/mol. The average molecular weight is 339 g/mol. The van der Waals surface area contributed by atoms with Crippen LogP contribution >= 0.6 is 0 Å². The van der Waals surface area contributed by atoms with Gasteiger partial charge in [-0.3, -0.25) is 4.79 Å². The number of amides is 1. The van der Waals surface area contributed by atoms with E-state index in [9.17, 15) is 18.0 Å². The molecule has 0 aliphatic rings. The minimum Gasteiger partial charge on any atom is -0.349 e. The van der Waals surface area contributed by atoms with E-state index in [1.165, 1.54) is 6.07 Å². The molecule has 0 aliphatic heterocycles. The van der Waals surface area contributed by atoms with E-state index in [0.29, 0.717) is 5.56 Å². The standard InChI is InChI=1S/C17H20F3N3O/c1-11(2)16(12-5-4-6-13(7-12)17(18,19)20)22-15(24)8-14-9-21-10-23(14)3/h4-7,9-11,16H,8H2,1-3H3,(H,22,24)/t16-/m0/s1. The van der Waals surface area contributed by atoms with E-state index in [-0.39, 0.29) is 18.2 Å². The van der Waals surface area contributed by atoms with Crippen molar-refractivity contribution in [3.63, 3.8) is 0 Å². The highest BCUT2D eigenvalue weighted by molar-refractivity contribution is 5.78. The molecule has 2 rings (SSSR count). The fourth-order valence-corrected chi connectivity index (χ4v) is 2.49. The van der Waals surface area contributed by atoms with Crippen molar-refractivity contribution >= 4 is 5.91 Å². The normalized spacial score (nSPS) is 13.1. The van der Waals surface area contributed by atoms with Gasteiger partial charge in [-0.2, -0.15) is 13.2 Å². The van der Waals surface area contributed by atoms with Crippen LogP contribution in [-0.2, 0) is 24.4 Å². The summed E-state index contributed by atoms with van der Waals surface area (Å²) < 4.78 is 40.4. The van der Waals surface area contributed by atoms with Crippen LogP contribution in [0.1, 0.15) is 36.7 Å². The second kappa shape index (κ2) is 7.07. The van der Waals surface area contributed by atoms with E-state index in [0.717, 1.165) is 17.8 Å². The van der Waals surface area contributed by atoms with Crippen molar-refractivity contribution in [1.29, 1.82) is 0 Å². The van der Waals surface area contributed by atoms with Gasteiger partial charge in [0, 0.05) is 18.9 Å². The van der Waals surface area contributed by atoms with E-state index in [4.69, 9.17) is 0 Å². The number of halogens is 3. The average Bonchev–Trinajstić information content (AvgIpc) is 2.89. The molecule has 1 N–H and O–H groups in total. The SMILES string of the molecule is CC(C)[C@H](NC(=O)Cc1cncn1C)c1cccc(C(F)(F)F)c1. The first kappa shape index (κ1) is 18.0. The quantitative estimate of drug-likeness (QED) is 0.906. The number of hydrogen-bond acceptors (Lipinski definition) is 2. The summed E-state index contributed by atoms with van der Waals surface area (Å²) in [4.78, 5) is 16.2. The summed E-state index contributed by atoms with van der Waals surface area (Å²) in [5, 5.41) is 2.83. The van der Waals surface area contributed by atoms with E-state index in [1.54, 1.807) is 30.2 Å². The van der Waals surface area contributed by atoms with Gasteiger partial charge in [-0.1, -0.05) is 26.0 Å². The van der Waals surface area contributed by atoms with Gasteiger partial charge >= 0.3 is 6.18 Å². The topological polar surface area (TPSA) is 46.9 Å². The van der Waals surface area contributed by atoms with Gasteiger partial charge in [0.1, 0.15) is 0 Å². The van der Waals surface area contributed by atoms with Crippen LogP contribution in [0.3, 0.4) is 0 Å². The van der Waals surface area contributed by atoms with Crippen LogP contribution < -0.4 is 5.32 Å². The van der Waals surface area contributed by atoms with E-state index >= 15 is 0 Å². The lowest BCUT2D eigenvalue weighted by molar-refractivity contribution is -0.137. The third kappa shape index (κ3) is 4.37. The fraction of sp³-hybridized carbons (Fsp3) is 0.412. The van der Waals surface area contributed by atoms with Crippen molar-refractivity contribution in [2.75, 3.05) is 0 Å². The first-order chi connectivity index (χ1) is 11.2. The number of aromatic nitrogens is 2. The second-order valence-corrected chi connectivity index (χ2v) is 6.09. The highest BCUT2D eigenvalue weighted by atomic mass is 19.4. The van der Waals surface area contributed by atoms with Crippen molar-refractivity contribution in [1.82, 2.24) is 14.9 Å². The number of nitrogens with one attached hydrogen (secondary N) is 1. The lowest BCUT2D eigenvalue weighted by Gasteiger charge is -2.24. The second-order valence-electron chi connectivity index (χ2n) is 6.09. The molecule has 1 atom stereocenters. The van der Waals surface area contributed by atoms with Crippen LogP contribution in [0.4, 0.5) is 13.2 Å². The third-order valence-electron chi connectivity index (χ3n) is 3.81. The van der Waals surface area contributed by atoms with Gasteiger partial charge in [0.2, 0.25) is 5.91 Å². The third-order valence-corrected chi connectivity index (χ3v) is 3.81. The lowest BCUT2D eigenvalue weighted by atomic mass is 9.94. The van der Waals surface area contributed by atoms with Gasteiger partial charge in [0.25, 0.3) is 0 Å². The van der Waals surface area contributed by atoms with Crippen LogP contribution in [0.25, 0.3) is 0 Å². The van der Waals surface area contributed by atoms with Crippen molar-refractivity contribution in [2.45, 2.75) is 32.5 Å². The lowest BCUT2D eigenvalue weighted by Crippen LogP contribution is -2.33. The number of imidazole rings is 1. The maximum Gasteiger partial charge on any atom is 0.416 e. The van der Waals surface area contributed by atoms with Gasteiger partial charge < -0.3 is 9.88 Å². The Kier molecular flexibility index (Phi) is 5.31. The summed E-state index contributed by atoms with van der Waals surface area (Å²) in [7, 11) is 1.78. The predicted octanol–water partition coefficient (Wildman–Crippen LogP) is 3.49. The Labute approximate surface area is 138 Å². The molecule has 2 aromatic rings. The van der Waals surface area contributed by atoms with Crippen LogP contribution in [0.2, 0.25) is 0 Å². The molecule has 0 spiro atoms. The molecule has 130 valence electrons. The maximum absolute atomic E-state index is 12.9. The Bertz CT molecular complexity index is 707. The number of aryl methyl sites for hydroxylation is 1. The van der Waals surface area contributed by atoms with E-state index in [2.05, 4.69) is 10.3 Å². The maximum atomic E-state index is 12.9. The molecule has 1 aromatic carbocycles. The van der Waals surface area contributed by atoms with Crippen LogP contribution in [0.5, 0.6) is 0 Å². The molecule has 0 radical (unpaired) electrons. The van der Waals surface area contributed by atoms with E-state index in [1.807, 2.05) is 13.8 Å². The number of carbonyl (C=O) groups excluding carboxylic acids is 1. The van der Waals surface area contributed by atoms with Crippen molar-refractivity contribution in [3.05, 3.63) is 53.6 Å². The van der Waals surface area contributed by atoms with E-state index < -0.39 is 17.8 Å². The molecule has 1 heterocycles. The smallest absolute Gasteiger partial charge is 0.349 e.